The molecule has 0 unspecified atom stereocenters. The maximum absolute atomic E-state index is 13.9. The van der Waals surface area contributed by atoms with Gasteiger partial charge in [0.25, 0.3) is 5.91 Å². The van der Waals surface area contributed by atoms with E-state index >= 15 is 0 Å². The van der Waals surface area contributed by atoms with Crippen LogP contribution in [0.3, 0.4) is 0 Å². The molecule has 208 valence electrons. The predicted octanol–water partition coefficient (Wildman–Crippen LogP) is 7.84. The number of benzene rings is 4. The van der Waals surface area contributed by atoms with Crippen molar-refractivity contribution in [3.8, 4) is 5.75 Å². The molecule has 0 saturated heterocycles. The first-order chi connectivity index (χ1) is 19.0. The molecule has 1 N–H and O–H groups in total. The highest BCUT2D eigenvalue weighted by molar-refractivity contribution is 9.10. The van der Waals surface area contributed by atoms with Crippen molar-refractivity contribution in [3.05, 3.63) is 111 Å². The summed E-state index contributed by atoms with van der Waals surface area (Å²) < 4.78 is 6.79. The molecule has 8 heteroatoms. The topological polar surface area (TPSA) is 58.6 Å². The lowest BCUT2D eigenvalue weighted by atomic mass is 10.0. The fourth-order valence-electron chi connectivity index (χ4n) is 4.41. The van der Waals surface area contributed by atoms with Gasteiger partial charge in [0.15, 0.2) is 6.61 Å². The molecule has 0 fully saturated rings. The first-order valence-corrected chi connectivity index (χ1v) is 14.5. The van der Waals surface area contributed by atoms with Gasteiger partial charge in [0.1, 0.15) is 11.8 Å². The van der Waals surface area contributed by atoms with Crippen molar-refractivity contribution in [2.45, 2.75) is 45.3 Å². The third kappa shape index (κ3) is 7.57. The molecule has 0 bridgehead atoms. The summed E-state index contributed by atoms with van der Waals surface area (Å²) in [6.45, 7) is 5.47. The lowest BCUT2D eigenvalue weighted by molar-refractivity contribution is -0.143. The van der Waals surface area contributed by atoms with E-state index in [2.05, 4.69) is 21.2 Å². The molecule has 0 saturated carbocycles. The Morgan fingerprint density at radius 2 is 1.55 bits per heavy atom. The maximum atomic E-state index is 13.9. The molecule has 40 heavy (non-hydrogen) atoms. The molecule has 0 aliphatic rings. The number of amides is 2. The summed E-state index contributed by atoms with van der Waals surface area (Å²) >= 11 is 16.7. The summed E-state index contributed by atoms with van der Waals surface area (Å²) in [6, 6.07) is 25.6. The smallest absolute Gasteiger partial charge is 0.261 e. The van der Waals surface area contributed by atoms with Gasteiger partial charge in [-0.25, -0.2) is 0 Å². The van der Waals surface area contributed by atoms with Crippen LogP contribution < -0.4 is 10.1 Å². The highest BCUT2D eigenvalue weighted by atomic mass is 79.9. The van der Waals surface area contributed by atoms with E-state index in [0.717, 1.165) is 20.8 Å². The number of nitrogens with zero attached hydrogens (tertiary/aromatic N) is 1. The molecule has 4 aromatic carbocycles. The Labute approximate surface area is 253 Å². The van der Waals surface area contributed by atoms with Crippen LogP contribution in [-0.4, -0.2) is 34.9 Å². The van der Waals surface area contributed by atoms with Gasteiger partial charge in [-0.2, -0.15) is 0 Å². The minimum Gasteiger partial charge on any atom is -0.483 e. The Morgan fingerprint density at radius 3 is 2.23 bits per heavy atom. The van der Waals surface area contributed by atoms with E-state index in [1.165, 1.54) is 4.90 Å². The van der Waals surface area contributed by atoms with Crippen LogP contribution in [0.1, 0.15) is 31.9 Å². The van der Waals surface area contributed by atoms with Gasteiger partial charge in [0, 0.05) is 34.1 Å². The summed E-state index contributed by atoms with van der Waals surface area (Å²) in [7, 11) is 0. The van der Waals surface area contributed by atoms with Gasteiger partial charge in [-0.3, -0.25) is 9.59 Å². The van der Waals surface area contributed by atoms with E-state index in [9.17, 15) is 9.59 Å². The molecule has 4 rings (SSSR count). The Kier molecular flexibility index (Phi) is 9.77. The first-order valence-electron chi connectivity index (χ1n) is 12.9. The SMILES string of the molecule is CC(C)(C)NC(=O)[C@H](Cc1ccccc1)N(Cc1c(Cl)cccc1Cl)C(=O)COc1ccc2ccccc2c1Br. The average molecular weight is 642 g/mol. The fourth-order valence-corrected chi connectivity index (χ4v) is 5.53. The quantitative estimate of drug-likeness (QED) is 0.203. The van der Waals surface area contributed by atoms with Gasteiger partial charge >= 0.3 is 0 Å². The van der Waals surface area contributed by atoms with Gasteiger partial charge in [0.2, 0.25) is 5.91 Å². The van der Waals surface area contributed by atoms with Crippen LogP contribution in [0.2, 0.25) is 10.0 Å². The molecular formula is C32H31BrCl2N2O3. The molecule has 0 aliphatic heterocycles. The van der Waals surface area contributed by atoms with Crippen molar-refractivity contribution >= 4 is 61.7 Å². The van der Waals surface area contributed by atoms with E-state index in [0.29, 0.717) is 27.8 Å². The number of rotatable bonds is 9. The molecule has 5 nitrogen and oxygen atoms in total. The lowest BCUT2D eigenvalue weighted by Crippen LogP contribution is -2.55. The molecule has 0 aromatic heterocycles. The van der Waals surface area contributed by atoms with Crippen molar-refractivity contribution in [1.29, 1.82) is 0 Å². The van der Waals surface area contributed by atoms with Crippen LogP contribution in [0.15, 0.2) is 89.4 Å². The van der Waals surface area contributed by atoms with Gasteiger partial charge in [-0.1, -0.05) is 89.9 Å². The largest absolute Gasteiger partial charge is 0.483 e. The van der Waals surface area contributed by atoms with Crippen LogP contribution in [0.4, 0.5) is 0 Å². The third-order valence-corrected chi connectivity index (χ3v) is 7.86. The Morgan fingerprint density at radius 1 is 0.900 bits per heavy atom. The molecule has 0 radical (unpaired) electrons. The van der Waals surface area contributed by atoms with Crippen LogP contribution in [0, 0.1) is 0 Å². The zero-order valence-electron chi connectivity index (χ0n) is 22.6. The molecule has 0 spiro atoms. The van der Waals surface area contributed by atoms with Crippen LogP contribution >= 0.6 is 39.1 Å². The number of nitrogens with one attached hydrogen (secondary N) is 1. The average Bonchev–Trinajstić information content (AvgIpc) is 2.91. The van der Waals surface area contributed by atoms with E-state index in [4.69, 9.17) is 27.9 Å². The number of ether oxygens (including phenoxy) is 1. The Balaban J connectivity index is 1.69. The zero-order chi connectivity index (χ0) is 28.9. The van der Waals surface area contributed by atoms with Crippen molar-refractivity contribution in [1.82, 2.24) is 10.2 Å². The van der Waals surface area contributed by atoms with Crippen molar-refractivity contribution in [2.24, 2.45) is 0 Å². The molecule has 0 heterocycles. The summed E-state index contributed by atoms with van der Waals surface area (Å²) in [5.41, 5.74) is 0.973. The van der Waals surface area contributed by atoms with Gasteiger partial charge < -0.3 is 15.0 Å². The molecule has 2 amide bonds. The van der Waals surface area contributed by atoms with E-state index in [1.54, 1.807) is 18.2 Å². The minimum atomic E-state index is -0.842. The zero-order valence-corrected chi connectivity index (χ0v) is 25.7. The Bertz CT molecular complexity index is 1490. The summed E-state index contributed by atoms with van der Waals surface area (Å²) in [5, 5.41) is 5.89. The van der Waals surface area contributed by atoms with Crippen molar-refractivity contribution < 1.29 is 14.3 Å². The standard InChI is InChI=1S/C32H31BrCl2N2O3/c1-32(2,3)36-31(39)27(18-21-10-5-4-6-11-21)37(19-24-25(34)14-9-15-26(24)35)29(38)20-40-28-17-16-22-12-7-8-13-23(22)30(28)33/h4-17,27H,18-20H2,1-3H3,(H,36,39)/t27-/m0/s1. The number of hydrogen-bond acceptors (Lipinski definition) is 3. The first kappa shape index (κ1) is 29.9. The molecule has 4 aromatic rings. The summed E-state index contributed by atoms with van der Waals surface area (Å²) in [4.78, 5) is 29.2. The van der Waals surface area contributed by atoms with Gasteiger partial charge in [0.05, 0.1) is 4.47 Å². The molecular weight excluding hydrogens is 611 g/mol. The van der Waals surface area contributed by atoms with E-state index in [-0.39, 0.29) is 25.0 Å². The van der Waals surface area contributed by atoms with Crippen molar-refractivity contribution in [2.75, 3.05) is 6.61 Å². The van der Waals surface area contributed by atoms with Gasteiger partial charge in [-0.15, -0.1) is 0 Å². The minimum absolute atomic E-state index is 0.0364. The second-order valence-electron chi connectivity index (χ2n) is 10.6. The van der Waals surface area contributed by atoms with Gasteiger partial charge in [-0.05, 0) is 71.2 Å². The van der Waals surface area contributed by atoms with Crippen LogP contribution in [0.5, 0.6) is 5.75 Å². The number of halogens is 3. The number of carbonyl (C=O) groups excluding carboxylic acids is 2. The van der Waals surface area contributed by atoms with E-state index < -0.39 is 11.6 Å². The third-order valence-electron chi connectivity index (χ3n) is 6.34. The highest BCUT2D eigenvalue weighted by Gasteiger charge is 2.33. The Hall–Kier alpha value is -3.06. The normalized spacial score (nSPS) is 12.2. The fraction of sp³-hybridized carbons (Fsp3) is 0.250. The van der Waals surface area contributed by atoms with Crippen LogP contribution in [0.25, 0.3) is 10.8 Å². The second kappa shape index (κ2) is 13.1. The summed E-state index contributed by atoms with van der Waals surface area (Å²) in [6.07, 6.45) is 0.302. The molecule has 1 atom stereocenters. The lowest BCUT2D eigenvalue weighted by Gasteiger charge is -2.34. The summed E-state index contributed by atoms with van der Waals surface area (Å²) in [5.74, 6) is -0.123. The number of carbonyl (C=O) groups is 2. The van der Waals surface area contributed by atoms with Crippen molar-refractivity contribution in [3.63, 3.8) is 0 Å². The number of fused-ring (bicyclic) bond motifs is 1. The molecule has 0 aliphatic carbocycles. The highest BCUT2D eigenvalue weighted by Crippen LogP contribution is 2.33. The van der Waals surface area contributed by atoms with E-state index in [1.807, 2.05) is 87.5 Å². The predicted molar refractivity (Wildman–Crippen MR) is 166 cm³/mol. The number of hydrogen-bond donors (Lipinski definition) is 1. The maximum Gasteiger partial charge on any atom is 0.261 e. The second-order valence-corrected chi connectivity index (χ2v) is 12.2. The van der Waals surface area contributed by atoms with Crippen LogP contribution in [-0.2, 0) is 22.6 Å². The monoisotopic (exact) mass is 640 g/mol.